The van der Waals surface area contributed by atoms with E-state index in [1.54, 1.807) is 0 Å². The van der Waals surface area contributed by atoms with Crippen molar-refractivity contribution in [2.75, 3.05) is 0 Å². The summed E-state index contributed by atoms with van der Waals surface area (Å²) in [5, 5.41) is 0. The predicted molar refractivity (Wildman–Crippen MR) is 158 cm³/mol. The van der Waals surface area contributed by atoms with Crippen molar-refractivity contribution in [1.29, 1.82) is 0 Å². The van der Waals surface area contributed by atoms with Gasteiger partial charge in [0.1, 0.15) is 0 Å². The topological polar surface area (TPSA) is 12.4 Å². The molecule has 0 fully saturated rings. The molecule has 0 amide bonds. The van der Waals surface area contributed by atoms with Crippen LogP contribution in [0.15, 0.2) is 108 Å². The van der Waals surface area contributed by atoms with Crippen LogP contribution in [0.3, 0.4) is 0 Å². The first kappa shape index (κ1) is 25.4. The fourth-order valence-electron chi connectivity index (χ4n) is 5.07. The Labute approximate surface area is 217 Å². The summed E-state index contributed by atoms with van der Waals surface area (Å²) in [6, 6.07) is 25.8. The molecule has 0 aromatic heterocycles. The van der Waals surface area contributed by atoms with Crippen LogP contribution in [0.5, 0.6) is 0 Å². The highest BCUT2D eigenvalue weighted by Crippen LogP contribution is 2.31. The Hall–Kier alpha value is -3.71. The van der Waals surface area contributed by atoms with Gasteiger partial charge >= 0.3 is 0 Å². The van der Waals surface area contributed by atoms with Crippen LogP contribution in [0.1, 0.15) is 72.9 Å². The highest BCUT2D eigenvalue weighted by atomic mass is 14.8. The van der Waals surface area contributed by atoms with E-state index in [9.17, 15) is 0 Å². The third-order valence-corrected chi connectivity index (χ3v) is 6.94. The first-order valence-electron chi connectivity index (χ1n) is 13.1. The number of rotatable bonds is 8. The summed E-state index contributed by atoms with van der Waals surface area (Å²) in [5.74, 6) is 0. The summed E-state index contributed by atoms with van der Waals surface area (Å²) in [4.78, 5) is 5.22. The molecule has 0 bridgehead atoms. The van der Waals surface area contributed by atoms with Gasteiger partial charge in [-0.1, -0.05) is 111 Å². The minimum absolute atomic E-state index is 0.788. The molecule has 0 unspecified atom stereocenters. The van der Waals surface area contributed by atoms with Gasteiger partial charge in [-0.3, -0.25) is 0 Å². The molecular formula is C35H37N. The van der Waals surface area contributed by atoms with Crippen LogP contribution < -0.4 is 0 Å². The normalized spacial score (nSPS) is 14.3. The highest BCUT2D eigenvalue weighted by molar-refractivity contribution is 6.18. The van der Waals surface area contributed by atoms with Crippen molar-refractivity contribution in [3.8, 4) is 0 Å². The average molecular weight is 472 g/mol. The molecule has 0 N–H and O–H groups in total. The number of hydrogen-bond donors (Lipinski definition) is 0. The van der Waals surface area contributed by atoms with Crippen LogP contribution in [-0.2, 0) is 0 Å². The third-order valence-electron chi connectivity index (χ3n) is 6.94. The lowest BCUT2D eigenvalue weighted by Crippen LogP contribution is -2.09. The van der Waals surface area contributed by atoms with E-state index in [0.717, 1.165) is 48.2 Å². The molecule has 1 nitrogen and oxygen atoms in total. The highest BCUT2D eigenvalue weighted by Gasteiger charge is 2.17. The molecular weight excluding hydrogens is 434 g/mol. The number of aryl methyl sites for hydroxylation is 2. The molecule has 1 aliphatic rings. The van der Waals surface area contributed by atoms with Crippen LogP contribution >= 0.6 is 0 Å². The van der Waals surface area contributed by atoms with Gasteiger partial charge in [-0.05, 0) is 84.6 Å². The first-order chi connectivity index (χ1) is 17.5. The van der Waals surface area contributed by atoms with Gasteiger partial charge in [0, 0.05) is 5.56 Å². The molecule has 0 radical (unpaired) electrons. The second-order valence-electron chi connectivity index (χ2n) is 9.61. The van der Waals surface area contributed by atoms with Crippen molar-refractivity contribution in [3.05, 3.63) is 137 Å². The van der Waals surface area contributed by atoms with Gasteiger partial charge in [0.05, 0.1) is 11.4 Å². The molecule has 4 rings (SSSR count). The van der Waals surface area contributed by atoms with Crippen molar-refractivity contribution >= 4 is 22.6 Å². The maximum atomic E-state index is 5.22. The molecule has 182 valence electrons. The zero-order valence-corrected chi connectivity index (χ0v) is 22.1. The zero-order chi connectivity index (χ0) is 25.5. The summed E-state index contributed by atoms with van der Waals surface area (Å²) in [7, 11) is 0. The number of nitrogens with zero attached hydrogens (tertiary/aromatic N) is 1. The molecule has 3 aromatic carbocycles. The SMILES string of the molecule is C=C(N=C(/C(CCC)=C(\C)c1c(C)cccc1C)c1ccccc1)c1ccc(C2=CCCC=C2)cc1. The van der Waals surface area contributed by atoms with Gasteiger partial charge in [-0.2, -0.15) is 0 Å². The van der Waals surface area contributed by atoms with Crippen molar-refractivity contribution < 1.29 is 0 Å². The zero-order valence-electron chi connectivity index (χ0n) is 22.1. The smallest absolute Gasteiger partial charge is 0.0744 e. The van der Waals surface area contributed by atoms with E-state index in [0.29, 0.717) is 0 Å². The van der Waals surface area contributed by atoms with E-state index in [4.69, 9.17) is 4.99 Å². The van der Waals surface area contributed by atoms with Gasteiger partial charge in [0.2, 0.25) is 0 Å². The fourth-order valence-corrected chi connectivity index (χ4v) is 5.07. The second-order valence-corrected chi connectivity index (χ2v) is 9.61. The van der Waals surface area contributed by atoms with Gasteiger partial charge in [-0.15, -0.1) is 0 Å². The Morgan fingerprint density at radius 3 is 2.14 bits per heavy atom. The monoisotopic (exact) mass is 471 g/mol. The van der Waals surface area contributed by atoms with Crippen molar-refractivity contribution in [2.45, 2.75) is 53.4 Å². The van der Waals surface area contributed by atoms with Crippen LogP contribution in [0.4, 0.5) is 0 Å². The van der Waals surface area contributed by atoms with Gasteiger partial charge in [0.25, 0.3) is 0 Å². The summed E-state index contributed by atoms with van der Waals surface area (Å²) in [5.41, 5.74) is 13.0. The lowest BCUT2D eigenvalue weighted by Gasteiger charge is -2.19. The van der Waals surface area contributed by atoms with E-state index < -0.39 is 0 Å². The van der Waals surface area contributed by atoms with E-state index in [1.807, 2.05) is 0 Å². The second kappa shape index (κ2) is 11.8. The molecule has 1 aliphatic carbocycles. The molecule has 0 atom stereocenters. The maximum absolute atomic E-state index is 5.22. The van der Waals surface area contributed by atoms with Crippen LogP contribution in [0, 0.1) is 13.8 Å². The summed E-state index contributed by atoms with van der Waals surface area (Å²) >= 11 is 0. The van der Waals surface area contributed by atoms with Crippen LogP contribution in [0.25, 0.3) is 16.8 Å². The lowest BCUT2D eigenvalue weighted by molar-refractivity contribution is 0.935. The van der Waals surface area contributed by atoms with E-state index in [1.165, 1.54) is 39.0 Å². The molecule has 0 saturated heterocycles. The molecule has 0 aliphatic heterocycles. The standard InChI is InChI=1S/C35H37N/c1-6-14-33(27(4)34-25(2)15-13-16-26(34)3)35(32-19-11-8-12-20-32)36-28(5)29-21-23-31(24-22-29)30-17-9-7-10-18-30/h8-9,11-13,15-24H,5-7,10,14H2,1-4H3/b33-27+,36-35?. The van der Waals surface area contributed by atoms with E-state index >= 15 is 0 Å². The van der Waals surface area contributed by atoms with E-state index in [2.05, 4.69) is 125 Å². The minimum atomic E-state index is 0.788. The molecule has 0 spiro atoms. The van der Waals surface area contributed by atoms with Crippen molar-refractivity contribution in [2.24, 2.45) is 4.99 Å². The Morgan fingerprint density at radius 1 is 0.833 bits per heavy atom. The minimum Gasteiger partial charge on any atom is -0.248 e. The number of allylic oxidation sites excluding steroid dienone is 6. The Morgan fingerprint density at radius 2 is 1.53 bits per heavy atom. The molecule has 36 heavy (non-hydrogen) atoms. The largest absolute Gasteiger partial charge is 0.248 e. The molecule has 0 heterocycles. The Kier molecular flexibility index (Phi) is 8.33. The van der Waals surface area contributed by atoms with Gasteiger partial charge in [-0.25, -0.2) is 4.99 Å². The summed E-state index contributed by atoms with van der Waals surface area (Å²) in [6.45, 7) is 13.3. The van der Waals surface area contributed by atoms with Gasteiger partial charge in [0.15, 0.2) is 0 Å². The van der Waals surface area contributed by atoms with Crippen LogP contribution in [0.2, 0.25) is 0 Å². The van der Waals surface area contributed by atoms with Crippen LogP contribution in [-0.4, -0.2) is 5.71 Å². The molecule has 1 heteroatoms. The Balaban J connectivity index is 1.80. The summed E-state index contributed by atoms with van der Waals surface area (Å²) in [6.07, 6.45) is 11.0. The third kappa shape index (κ3) is 5.74. The average Bonchev–Trinajstić information content (AvgIpc) is 2.91. The summed E-state index contributed by atoms with van der Waals surface area (Å²) < 4.78 is 0. The molecule has 0 saturated carbocycles. The van der Waals surface area contributed by atoms with Crippen molar-refractivity contribution in [3.63, 3.8) is 0 Å². The number of aliphatic imine (C=N–C) groups is 1. The predicted octanol–water partition coefficient (Wildman–Crippen LogP) is 9.77. The number of hydrogen-bond acceptors (Lipinski definition) is 1. The van der Waals surface area contributed by atoms with Gasteiger partial charge < -0.3 is 0 Å². The van der Waals surface area contributed by atoms with Crippen molar-refractivity contribution in [1.82, 2.24) is 0 Å². The Bertz CT molecular complexity index is 1330. The fraction of sp³-hybridized carbons (Fsp3) is 0.229. The molecule has 3 aromatic rings. The number of benzene rings is 3. The quantitative estimate of drug-likeness (QED) is 0.290. The first-order valence-corrected chi connectivity index (χ1v) is 13.1. The lowest BCUT2D eigenvalue weighted by atomic mass is 9.87. The maximum Gasteiger partial charge on any atom is 0.0744 e. The van der Waals surface area contributed by atoms with E-state index in [-0.39, 0.29) is 0 Å².